The summed E-state index contributed by atoms with van der Waals surface area (Å²) in [5.74, 6) is 0. The Morgan fingerprint density at radius 3 is 2.72 bits per heavy atom. The van der Waals surface area contributed by atoms with E-state index in [0.29, 0.717) is 0 Å². The van der Waals surface area contributed by atoms with E-state index in [1.807, 2.05) is 0 Å². The quantitative estimate of drug-likeness (QED) is 0.600. The minimum atomic E-state index is -0.853. The second-order valence-electron chi connectivity index (χ2n) is 4.89. The molecule has 0 amide bonds. The Labute approximate surface area is 102 Å². The van der Waals surface area contributed by atoms with Crippen molar-refractivity contribution in [2.45, 2.75) is 31.3 Å². The number of ether oxygens (including phenoxy) is 1. The summed E-state index contributed by atoms with van der Waals surface area (Å²) >= 11 is 0. The summed E-state index contributed by atoms with van der Waals surface area (Å²) < 4.78 is 6.70. The van der Waals surface area contributed by atoms with Crippen molar-refractivity contribution in [3.63, 3.8) is 0 Å². The van der Waals surface area contributed by atoms with Crippen LogP contribution in [0.25, 0.3) is 0 Å². The van der Waals surface area contributed by atoms with Gasteiger partial charge in [-0.2, -0.15) is 0 Å². The van der Waals surface area contributed by atoms with Crippen LogP contribution >= 0.6 is 0 Å². The first kappa shape index (κ1) is 11.6. The molecule has 2 heterocycles. The minimum Gasteiger partial charge on any atom is -0.394 e. The van der Waals surface area contributed by atoms with Crippen LogP contribution in [0.15, 0.2) is 21.9 Å². The highest BCUT2D eigenvalue weighted by Crippen LogP contribution is 2.59. The van der Waals surface area contributed by atoms with E-state index in [0.717, 1.165) is 17.4 Å². The molecule has 3 rings (SSSR count). The van der Waals surface area contributed by atoms with Crippen molar-refractivity contribution >= 4 is 0 Å². The van der Waals surface area contributed by atoms with Crippen molar-refractivity contribution in [3.05, 3.63) is 33.1 Å². The predicted octanol–water partition coefficient (Wildman–Crippen LogP) is -1.43. The summed E-state index contributed by atoms with van der Waals surface area (Å²) in [6.07, 6.45) is 0.677. The molecule has 1 aliphatic heterocycles. The first-order valence-corrected chi connectivity index (χ1v) is 5.84. The zero-order chi connectivity index (χ0) is 12.9. The van der Waals surface area contributed by atoms with Gasteiger partial charge in [-0.3, -0.25) is 14.3 Å². The number of nitrogens with zero attached hydrogens (tertiary/aromatic N) is 1. The number of aromatic nitrogens is 2. The molecular weight excluding hydrogens is 240 g/mol. The van der Waals surface area contributed by atoms with Crippen LogP contribution in [-0.4, -0.2) is 38.6 Å². The third-order valence-corrected chi connectivity index (χ3v) is 3.92. The number of aliphatic hydroxyl groups excluding tert-OH is 2. The van der Waals surface area contributed by atoms with E-state index >= 15 is 0 Å². The van der Waals surface area contributed by atoms with Crippen molar-refractivity contribution in [3.8, 4) is 0 Å². The molecule has 0 radical (unpaired) electrons. The lowest BCUT2D eigenvalue weighted by Crippen LogP contribution is -2.36. The number of hydrogen-bond acceptors (Lipinski definition) is 5. The van der Waals surface area contributed by atoms with Gasteiger partial charge in [-0.15, -0.1) is 0 Å². The Hall–Kier alpha value is -1.44. The molecule has 1 saturated heterocycles. The molecule has 0 unspecified atom stereocenters. The molecule has 98 valence electrons. The molecule has 1 aliphatic carbocycles. The summed E-state index contributed by atoms with van der Waals surface area (Å²) in [5, 5.41) is 19.5. The maximum Gasteiger partial charge on any atom is 0.330 e. The van der Waals surface area contributed by atoms with Crippen LogP contribution in [0, 0.1) is 5.41 Å². The molecule has 1 saturated carbocycles. The van der Waals surface area contributed by atoms with E-state index in [-0.39, 0.29) is 6.61 Å². The van der Waals surface area contributed by atoms with Gasteiger partial charge in [0, 0.05) is 17.7 Å². The molecule has 2 aliphatic rings. The van der Waals surface area contributed by atoms with Crippen molar-refractivity contribution < 1.29 is 14.9 Å². The van der Waals surface area contributed by atoms with Gasteiger partial charge in [0.2, 0.25) is 0 Å². The molecule has 18 heavy (non-hydrogen) atoms. The fraction of sp³-hybridized carbons (Fsp3) is 0.636. The smallest absolute Gasteiger partial charge is 0.330 e. The van der Waals surface area contributed by atoms with E-state index in [2.05, 4.69) is 4.98 Å². The Kier molecular flexibility index (Phi) is 2.44. The van der Waals surface area contributed by atoms with E-state index in [9.17, 15) is 19.8 Å². The predicted molar refractivity (Wildman–Crippen MR) is 60.0 cm³/mol. The lowest BCUT2D eigenvalue weighted by atomic mass is 9.95. The number of rotatable bonds is 2. The summed E-state index contributed by atoms with van der Waals surface area (Å²) in [6, 6.07) is 1.20. The SMILES string of the molecule is O=c1ccn([C@@H]2O[C@H](CO)C3(CC3)[C@H]2O)c(=O)[nH]1. The topological polar surface area (TPSA) is 105 Å². The van der Waals surface area contributed by atoms with Crippen LogP contribution in [0.2, 0.25) is 0 Å². The molecule has 1 aromatic heterocycles. The van der Waals surface area contributed by atoms with Gasteiger partial charge in [0.15, 0.2) is 6.23 Å². The molecule has 1 aromatic rings. The highest BCUT2D eigenvalue weighted by Gasteiger charge is 2.63. The molecule has 3 N–H and O–H groups in total. The first-order chi connectivity index (χ1) is 8.58. The molecule has 3 atom stereocenters. The normalized spacial score (nSPS) is 32.9. The van der Waals surface area contributed by atoms with Crippen LogP contribution in [-0.2, 0) is 4.74 Å². The van der Waals surface area contributed by atoms with Crippen LogP contribution in [0.1, 0.15) is 19.1 Å². The lowest BCUT2D eigenvalue weighted by Gasteiger charge is -2.18. The van der Waals surface area contributed by atoms with Gasteiger partial charge in [-0.1, -0.05) is 0 Å². The number of aliphatic hydroxyl groups is 2. The Morgan fingerprint density at radius 2 is 2.22 bits per heavy atom. The maximum absolute atomic E-state index is 11.7. The molecule has 2 fully saturated rings. The fourth-order valence-electron chi connectivity index (χ4n) is 2.68. The number of H-pyrrole nitrogens is 1. The van der Waals surface area contributed by atoms with Gasteiger partial charge < -0.3 is 14.9 Å². The summed E-state index contributed by atoms with van der Waals surface area (Å²) in [6.45, 7) is -0.189. The standard InChI is InChI=1S/C11H14N2O5/c14-5-6-11(2-3-11)8(16)9(18-6)13-4-1-7(15)12-10(13)17/h1,4,6,8-9,14,16H,2-3,5H2,(H,12,15,17)/t6-,8+,9-/m1/s1. The maximum atomic E-state index is 11.7. The van der Waals surface area contributed by atoms with Crippen molar-refractivity contribution in [2.75, 3.05) is 6.61 Å². The second-order valence-corrected chi connectivity index (χ2v) is 4.89. The van der Waals surface area contributed by atoms with Crippen LogP contribution in [0.4, 0.5) is 0 Å². The third kappa shape index (κ3) is 1.48. The van der Waals surface area contributed by atoms with Gasteiger partial charge >= 0.3 is 5.69 Å². The molecule has 7 heteroatoms. The van der Waals surface area contributed by atoms with Gasteiger partial charge in [0.1, 0.15) is 6.10 Å². The van der Waals surface area contributed by atoms with Gasteiger partial charge in [0.05, 0.1) is 12.7 Å². The Balaban J connectivity index is 1.98. The monoisotopic (exact) mass is 254 g/mol. The van der Waals surface area contributed by atoms with Crippen LogP contribution < -0.4 is 11.2 Å². The average Bonchev–Trinajstić information content (AvgIpc) is 3.07. The second kappa shape index (κ2) is 3.78. The Bertz CT molecular complexity index is 573. The zero-order valence-corrected chi connectivity index (χ0v) is 9.57. The molecular formula is C11H14N2O5. The molecule has 0 bridgehead atoms. The zero-order valence-electron chi connectivity index (χ0n) is 9.57. The van der Waals surface area contributed by atoms with Gasteiger partial charge in [-0.05, 0) is 12.8 Å². The average molecular weight is 254 g/mol. The van der Waals surface area contributed by atoms with Crippen molar-refractivity contribution in [1.29, 1.82) is 0 Å². The summed E-state index contributed by atoms with van der Waals surface area (Å²) in [5.41, 5.74) is -1.56. The van der Waals surface area contributed by atoms with E-state index in [1.54, 1.807) is 0 Å². The number of nitrogens with one attached hydrogen (secondary N) is 1. The molecule has 1 spiro atoms. The third-order valence-electron chi connectivity index (χ3n) is 3.92. The molecule has 7 nitrogen and oxygen atoms in total. The van der Waals surface area contributed by atoms with E-state index in [1.165, 1.54) is 12.3 Å². The van der Waals surface area contributed by atoms with Crippen molar-refractivity contribution in [1.82, 2.24) is 9.55 Å². The fourth-order valence-corrected chi connectivity index (χ4v) is 2.68. The highest BCUT2D eigenvalue weighted by atomic mass is 16.5. The largest absolute Gasteiger partial charge is 0.394 e. The van der Waals surface area contributed by atoms with E-state index < -0.39 is 35.1 Å². The van der Waals surface area contributed by atoms with E-state index in [4.69, 9.17) is 4.74 Å². The summed E-state index contributed by atoms with van der Waals surface area (Å²) in [4.78, 5) is 24.8. The molecule has 0 aromatic carbocycles. The lowest BCUT2D eigenvalue weighted by molar-refractivity contribution is -0.0537. The summed E-state index contributed by atoms with van der Waals surface area (Å²) in [7, 11) is 0. The van der Waals surface area contributed by atoms with Crippen molar-refractivity contribution in [2.24, 2.45) is 5.41 Å². The van der Waals surface area contributed by atoms with Crippen LogP contribution in [0.3, 0.4) is 0 Å². The minimum absolute atomic E-state index is 0.189. The van der Waals surface area contributed by atoms with Gasteiger partial charge in [0.25, 0.3) is 5.56 Å². The van der Waals surface area contributed by atoms with Gasteiger partial charge in [-0.25, -0.2) is 4.79 Å². The number of aromatic amines is 1. The number of hydrogen-bond donors (Lipinski definition) is 3. The van der Waals surface area contributed by atoms with Crippen LogP contribution in [0.5, 0.6) is 0 Å². The highest BCUT2D eigenvalue weighted by molar-refractivity contribution is 5.10. The Morgan fingerprint density at radius 1 is 1.50 bits per heavy atom. The first-order valence-electron chi connectivity index (χ1n) is 5.84.